The maximum atomic E-state index is 5.97. The fraction of sp³-hybridized carbons (Fsp3) is 0.500. The van der Waals surface area contributed by atoms with Crippen molar-refractivity contribution in [2.45, 2.75) is 25.8 Å². The summed E-state index contributed by atoms with van der Waals surface area (Å²) in [6.45, 7) is 2.79. The smallest absolute Gasteiger partial charge is 0.144 e. The molecule has 0 saturated heterocycles. The Bertz CT molecular complexity index is 278. The number of hydrogen-bond acceptors (Lipinski definition) is 3. The van der Waals surface area contributed by atoms with Crippen molar-refractivity contribution < 1.29 is 0 Å². The molecular weight excluding hydrogens is 198 g/mol. The zero-order valence-electron chi connectivity index (χ0n) is 8.33. The summed E-state index contributed by atoms with van der Waals surface area (Å²) in [6, 6.07) is 4.00. The van der Waals surface area contributed by atoms with Gasteiger partial charge in [0.25, 0.3) is 0 Å². The second kappa shape index (κ2) is 5.83. The van der Waals surface area contributed by atoms with Crippen molar-refractivity contribution in [3.8, 4) is 0 Å². The summed E-state index contributed by atoms with van der Waals surface area (Å²) in [5.74, 6) is 0.745. The molecule has 3 N–H and O–H groups in total. The first kappa shape index (κ1) is 11.3. The van der Waals surface area contributed by atoms with Crippen LogP contribution >= 0.6 is 11.6 Å². The first-order chi connectivity index (χ1) is 6.77. The number of nitrogens with zero attached hydrogens (tertiary/aromatic N) is 1. The molecule has 78 valence electrons. The maximum Gasteiger partial charge on any atom is 0.144 e. The van der Waals surface area contributed by atoms with Gasteiger partial charge < -0.3 is 11.1 Å². The fourth-order valence-electron chi connectivity index (χ4n) is 1.26. The van der Waals surface area contributed by atoms with E-state index < -0.39 is 0 Å². The highest BCUT2D eigenvalue weighted by Crippen LogP contribution is 2.19. The van der Waals surface area contributed by atoms with Crippen LogP contribution in [0.2, 0.25) is 5.02 Å². The van der Waals surface area contributed by atoms with Gasteiger partial charge in [-0.3, -0.25) is 0 Å². The highest BCUT2D eigenvalue weighted by atomic mass is 35.5. The average Bonchev–Trinajstić information content (AvgIpc) is 2.20. The van der Waals surface area contributed by atoms with Crippen LogP contribution in [0.15, 0.2) is 18.3 Å². The summed E-state index contributed by atoms with van der Waals surface area (Å²) in [4.78, 5) is 4.16. The number of halogens is 1. The SMILES string of the molecule is CCC(CCN)Nc1ncccc1Cl. The van der Waals surface area contributed by atoms with Crippen LogP contribution in [0.5, 0.6) is 0 Å². The molecule has 0 amide bonds. The van der Waals surface area contributed by atoms with Gasteiger partial charge >= 0.3 is 0 Å². The molecule has 0 aromatic carbocycles. The Balaban J connectivity index is 2.62. The highest BCUT2D eigenvalue weighted by Gasteiger charge is 2.07. The summed E-state index contributed by atoms with van der Waals surface area (Å²) >= 11 is 5.97. The molecule has 1 unspecified atom stereocenters. The van der Waals surface area contributed by atoms with Crippen molar-refractivity contribution in [2.24, 2.45) is 5.73 Å². The van der Waals surface area contributed by atoms with Crippen molar-refractivity contribution >= 4 is 17.4 Å². The topological polar surface area (TPSA) is 50.9 Å². The molecule has 4 heteroatoms. The van der Waals surface area contributed by atoms with Crippen LogP contribution in [-0.2, 0) is 0 Å². The molecule has 0 bridgehead atoms. The second-order valence-electron chi connectivity index (χ2n) is 3.16. The van der Waals surface area contributed by atoms with E-state index in [2.05, 4.69) is 17.2 Å². The van der Waals surface area contributed by atoms with Gasteiger partial charge in [-0.1, -0.05) is 18.5 Å². The molecule has 0 aliphatic rings. The minimum atomic E-state index is 0.354. The Morgan fingerprint density at radius 1 is 1.64 bits per heavy atom. The van der Waals surface area contributed by atoms with Gasteiger partial charge in [-0.2, -0.15) is 0 Å². The molecular formula is C10H16ClN3. The first-order valence-corrected chi connectivity index (χ1v) is 5.22. The molecule has 3 nitrogen and oxygen atoms in total. The quantitative estimate of drug-likeness (QED) is 0.789. The van der Waals surface area contributed by atoms with E-state index in [1.54, 1.807) is 6.20 Å². The van der Waals surface area contributed by atoms with Crippen molar-refractivity contribution in [1.29, 1.82) is 0 Å². The molecule has 0 spiro atoms. The zero-order chi connectivity index (χ0) is 10.4. The molecule has 1 rings (SSSR count). The summed E-state index contributed by atoms with van der Waals surface area (Å²) in [5.41, 5.74) is 5.50. The van der Waals surface area contributed by atoms with Gasteiger partial charge in [0, 0.05) is 12.2 Å². The van der Waals surface area contributed by atoms with Crippen LogP contribution in [0, 0.1) is 0 Å². The van der Waals surface area contributed by atoms with Crippen LogP contribution in [0.1, 0.15) is 19.8 Å². The van der Waals surface area contributed by atoms with Gasteiger partial charge in [-0.25, -0.2) is 4.98 Å². The van der Waals surface area contributed by atoms with Gasteiger partial charge in [-0.15, -0.1) is 0 Å². The van der Waals surface area contributed by atoms with Crippen LogP contribution in [0.25, 0.3) is 0 Å². The van der Waals surface area contributed by atoms with Crippen molar-refractivity contribution in [1.82, 2.24) is 4.98 Å². The van der Waals surface area contributed by atoms with E-state index >= 15 is 0 Å². The summed E-state index contributed by atoms with van der Waals surface area (Å²) in [5, 5.41) is 3.93. The van der Waals surface area contributed by atoms with Crippen LogP contribution in [-0.4, -0.2) is 17.6 Å². The van der Waals surface area contributed by atoms with E-state index in [1.165, 1.54) is 0 Å². The average molecular weight is 214 g/mol. The number of hydrogen-bond donors (Lipinski definition) is 2. The number of pyridine rings is 1. The Hall–Kier alpha value is -0.800. The van der Waals surface area contributed by atoms with Crippen molar-refractivity contribution in [3.63, 3.8) is 0 Å². The lowest BCUT2D eigenvalue weighted by atomic mass is 10.1. The van der Waals surface area contributed by atoms with Gasteiger partial charge in [0.2, 0.25) is 0 Å². The largest absolute Gasteiger partial charge is 0.366 e. The lowest BCUT2D eigenvalue weighted by Crippen LogP contribution is -2.22. The summed E-state index contributed by atoms with van der Waals surface area (Å²) in [6.07, 6.45) is 3.68. The van der Waals surface area contributed by atoms with Crippen molar-refractivity contribution in [2.75, 3.05) is 11.9 Å². The van der Waals surface area contributed by atoms with Gasteiger partial charge in [0.1, 0.15) is 5.82 Å². The Kier molecular flexibility index (Phi) is 4.70. The number of aromatic nitrogens is 1. The predicted molar refractivity (Wildman–Crippen MR) is 60.6 cm³/mol. The summed E-state index contributed by atoms with van der Waals surface area (Å²) in [7, 11) is 0. The van der Waals surface area contributed by atoms with Gasteiger partial charge in [-0.05, 0) is 31.5 Å². The molecule has 0 aliphatic carbocycles. The minimum absolute atomic E-state index is 0.354. The minimum Gasteiger partial charge on any atom is -0.366 e. The van der Waals surface area contributed by atoms with Crippen molar-refractivity contribution in [3.05, 3.63) is 23.4 Å². The number of nitrogens with two attached hydrogens (primary N) is 1. The number of rotatable bonds is 5. The molecule has 0 fully saturated rings. The van der Waals surface area contributed by atoms with E-state index in [9.17, 15) is 0 Å². The van der Waals surface area contributed by atoms with E-state index in [0.29, 0.717) is 17.6 Å². The molecule has 0 radical (unpaired) electrons. The molecule has 14 heavy (non-hydrogen) atoms. The molecule has 0 saturated carbocycles. The fourth-order valence-corrected chi connectivity index (χ4v) is 1.44. The third-order valence-electron chi connectivity index (χ3n) is 2.11. The molecule has 1 aromatic rings. The van der Waals surface area contributed by atoms with E-state index in [0.717, 1.165) is 18.7 Å². The third kappa shape index (κ3) is 3.16. The molecule has 1 atom stereocenters. The highest BCUT2D eigenvalue weighted by molar-refractivity contribution is 6.32. The lowest BCUT2D eigenvalue weighted by molar-refractivity contribution is 0.639. The predicted octanol–water partition coefficient (Wildman–Crippen LogP) is 2.27. The maximum absolute atomic E-state index is 5.97. The van der Waals surface area contributed by atoms with Gasteiger partial charge in [0.05, 0.1) is 5.02 Å². The molecule has 1 heterocycles. The van der Waals surface area contributed by atoms with E-state index in [-0.39, 0.29) is 0 Å². The monoisotopic (exact) mass is 213 g/mol. The Morgan fingerprint density at radius 3 is 3.00 bits per heavy atom. The Morgan fingerprint density at radius 2 is 2.43 bits per heavy atom. The first-order valence-electron chi connectivity index (χ1n) is 4.85. The molecule has 0 aliphatic heterocycles. The molecule has 1 aromatic heterocycles. The normalized spacial score (nSPS) is 12.5. The summed E-state index contributed by atoms with van der Waals surface area (Å²) < 4.78 is 0. The second-order valence-corrected chi connectivity index (χ2v) is 3.57. The van der Waals surface area contributed by atoms with E-state index in [1.807, 2.05) is 12.1 Å². The lowest BCUT2D eigenvalue weighted by Gasteiger charge is -2.17. The number of nitrogens with one attached hydrogen (secondary N) is 1. The van der Waals surface area contributed by atoms with Gasteiger partial charge in [0.15, 0.2) is 0 Å². The zero-order valence-corrected chi connectivity index (χ0v) is 9.09. The third-order valence-corrected chi connectivity index (χ3v) is 2.41. The number of anilines is 1. The van der Waals surface area contributed by atoms with Crippen LogP contribution < -0.4 is 11.1 Å². The standard InChI is InChI=1S/C10H16ClN3/c1-2-8(5-6-12)14-10-9(11)4-3-7-13-10/h3-4,7-8H,2,5-6,12H2,1H3,(H,13,14). The Labute approximate surface area is 89.7 Å². The van der Waals surface area contributed by atoms with Crippen LogP contribution in [0.3, 0.4) is 0 Å². The van der Waals surface area contributed by atoms with Crippen LogP contribution in [0.4, 0.5) is 5.82 Å². The van der Waals surface area contributed by atoms with E-state index in [4.69, 9.17) is 17.3 Å².